The zero-order valence-electron chi connectivity index (χ0n) is 15.9. The van der Waals surface area contributed by atoms with Gasteiger partial charge in [-0.05, 0) is 41.5 Å². The van der Waals surface area contributed by atoms with Crippen LogP contribution in [0.2, 0.25) is 10.0 Å². The number of nitrogens with zero attached hydrogens (tertiary/aromatic N) is 1. The van der Waals surface area contributed by atoms with Gasteiger partial charge in [0.15, 0.2) is 5.96 Å². The van der Waals surface area contributed by atoms with Gasteiger partial charge in [0.25, 0.3) is 5.91 Å². The second-order valence-electron chi connectivity index (χ2n) is 6.54. The van der Waals surface area contributed by atoms with E-state index < -0.39 is 0 Å². The Hall–Kier alpha value is -2.55. The molecule has 156 valence electrons. The SMILES string of the molecule is CC(=O)Nc1c(Cl)cc(CN/C(N)=N/C(=O)Cc2c[nH]c3ccc(Br)cc23)cc1Cl. The number of carbonyl (C=O) groups excluding carboxylic acids is 2. The first-order valence-electron chi connectivity index (χ1n) is 8.85. The van der Waals surface area contributed by atoms with Crippen molar-refractivity contribution in [2.45, 2.75) is 19.9 Å². The van der Waals surface area contributed by atoms with Crippen LogP contribution in [0, 0.1) is 0 Å². The molecule has 3 aromatic rings. The Morgan fingerprint density at radius 1 is 1.20 bits per heavy atom. The van der Waals surface area contributed by atoms with E-state index in [1.807, 2.05) is 18.2 Å². The molecule has 0 saturated carbocycles. The highest BCUT2D eigenvalue weighted by molar-refractivity contribution is 9.10. The second-order valence-corrected chi connectivity index (χ2v) is 8.27. The molecular formula is C20H18BrCl2N5O2. The molecule has 0 bridgehead atoms. The molecule has 2 aromatic carbocycles. The number of aliphatic imine (C=N–C) groups is 1. The van der Waals surface area contributed by atoms with E-state index in [0.717, 1.165) is 20.9 Å². The van der Waals surface area contributed by atoms with Crippen LogP contribution in [0.5, 0.6) is 0 Å². The van der Waals surface area contributed by atoms with Crippen LogP contribution in [0.4, 0.5) is 5.69 Å². The fourth-order valence-electron chi connectivity index (χ4n) is 2.89. The van der Waals surface area contributed by atoms with E-state index in [-0.39, 0.29) is 30.7 Å². The maximum Gasteiger partial charge on any atom is 0.253 e. The summed E-state index contributed by atoms with van der Waals surface area (Å²) in [5.41, 5.74) is 8.67. The summed E-state index contributed by atoms with van der Waals surface area (Å²) in [5, 5.41) is 6.97. The number of anilines is 1. The van der Waals surface area contributed by atoms with Gasteiger partial charge in [-0.1, -0.05) is 39.1 Å². The fraction of sp³-hybridized carbons (Fsp3) is 0.150. The van der Waals surface area contributed by atoms with Gasteiger partial charge in [0.1, 0.15) is 0 Å². The summed E-state index contributed by atoms with van der Waals surface area (Å²) in [6.07, 6.45) is 1.90. The van der Waals surface area contributed by atoms with E-state index in [1.165, 1.54) is 6.92 Å². The van der Waals surface area contributed by atoms with Crippen molar-refractivity contribution in [1.82, 2.24) is 10.3 Å². The van der Waals surface area contributed by atoms with E-state index in [1.54, 1.807) is 18.3 Å². The average molecular weight is 511 g/mol. The Morgan fingerprint density at radius 3 is 2.57 bits per heavy atom. The van der Waals surface area contributed by atoms with E-state index in [9.17, 15) is 9.59 Å². The molecule has 10 heteroatoms. The Kier molecular flexibility index (Phi) is 7.02. The molecule has 0 atom stereocenters. The smallest absolute Gasteiger partial charge is 0.253 e. The standard InChI is InChI=1S/C20H18BrCl2N5O2/c1-10(29)27-19-15(22)4-11(5-16(19)23)8-26-20(24)28-18(30)6-12-9-25-17-3-2-13(21)7-14(12)17/h2-5,7,9,25H,6,8H2,1H3,(H,27,29)(H3,24,26,28,30). The number of benzene rings is 2. The van der Waals surface area contributed by atoms with Crippen LogP contribution < -0.4 is 16.4 Å². The molecule has 0 spiro atoms. The number of hydrogen-bond donors (Lipinski definition) is 4. The fourth-order valence-corrected chi connectivity index (χ4v) is 3.88. The van der Waals surface area contributed by atoms with Gasteiger partial charge in [0.2, 0.25) is 5.91 Å². The molecule has 2 amide bonds. The van der Waals surface area contributed by atoms with E-state index in [0.29, 0.717) is 21.3 Å². The molecule has 0 unspecified atom stereocenters. The van der Waals surface area contributed by atoms with Crippen LogP contribution in [-0.2, 0) is 22.6 Å². The van der Waals surface area contributed by atoms with Crippen molar-refractivity contribution >= 4 is 73.5 Å². The third-order valence-corrected chi connectivity index (χ3v) is 5.28. The van der Waals surface area contributed by atoms with Gasteiger partial charge in [-0.25, -0.2) is 0 Å². The van der Waals surface area contributed by atoms with E-state index in [4.69, 9.17) is 28.9 Å². The summed E-state index contributed by atoms with van der Waals surface area (Å²) in [5.74, 6) is -0.667. The van der Waals surface area contributed by atoms with Crippen LogP contribution in [0.25, 0.3) is 10.9 Å². The van der Waals surface area contributed by atoms with Crippen LogP contribution in [0.1, 0.15) is 18.1 Å². The molecule has 0 aliphatic rings. The van der Waals surface area contributed by atoms with Gasteiger partial charge >= 0.3 is 0 Å². The minimum absolute atomic E-state index is 0.0146. The van der Waals surface area contributed by atoms with E-state index in [2.05, 4.69) is 36.5 Å². The molecule has 5 N–H and O–H groups in total. The van der Waals surface area contributed by atoms with Gasteiger partial charge in [-0.15, -0.1) is 0 Å². The Morgan fingerprint density at radius 2 is 1.90 bits per heavy atom. The molecule has 0 radical (unpaired) electrons. The number of guanidine groups is 1. The third kappa shape index (κ3) is 5.53. The molecule has 3 rings (SSSR count). The lowest BCUT2D eigenvalue weighted by molar-refractivity contribution is -0.117. The minimum Gasteiger partial charge on any atom is -0.370 e. The maximum absolute atomic E-state index is 12.3. The quantitative estimate of drug-likeness (QED) is 0.301. The van der Waals surface area contributed by atoms with Crippen LogP contribution in [0.3, 0.4) is 0 Å². The van der Waals surface area contributed by atoms with Crippen LogP contribution in [0.15, 0.2) is 46.0 Å². The lowest BCUT2D eigenvalue weighted by Crippen LogP contribution is -2.32. The van der Waals surface area contributed by atoms with E-state index >= 15 is 0 Å². The van der Waals surface area contributed by atoms with Crippen molar-refractivity contribution < 1.29 is 9.59 Å². The number of H-pyrrole nitrogens is 1. The molecule has 1 heterocycles. The molecule has 0 aliphatic heterocycles. The molecule has 0 aliphatic carbocycles. The number of nitrogens with one attached hydrogen (secondary N) is 3. The van der Waals surface area contributed by atoms with Gasteiger partial charge in [0.05, 0.1) is 22.2 Å². The number of amides is 2. The predicted octanol–water partition coefficient (Wildman–Crippen LogP) is 4.37. The number of halogens is 3. The summed E-state index contributed by atoms with van der Waals surface area (Å²) in [4.78, 5) is 30.5. The highest BCUT2D eigenvalue weighted by atomic mass is 79.9. The van der Waals surface area contributed by atoms with Crippen LogP contribution >= 0.6 is 39.1 Å². The molecular weight excluding hydrogens is 493 g/mol. The monoisotopic (exact) mass is 509 g/mol. The van der Waals surface area contributed by atoms with Crippen molar-refractivity contribution in [3.63, 3.8) is 0 Å². The summed E-state index contributed by atoms with van der Waals surface area (Å²) >= 11 is 15.8. The molecule has 1 aromatic heterocycles. The zero-order valence-corrected chi connectivity index (χ0v) is 19.0. The first kappa shape index (κ1) is 22.1. The van der Waals surface area contributed by atoms with Crippen molar-refractivity contribution in [1.29, 1.82) is 0 Å². The highest BCUT2D eigenvalue weighted by Gasteiger charge is 2.11. The molecule has 0 saturated heterocycles. The maximum atomic E-state index is 12.3. The molecule has 30 heavy (non-hydrogen) atoms. The number of nitrogens with two attached hydrogens (primary N) is 1. The summed E-state index contributed by atoms with van der Waals surface area (Å²) < 4.78 is 0.926. The number of aromatic amines is 1. The van der Waals surface area contributed by atoms with Gasteiger partial charge in [-0.3, -0.25) is 9.59 Å². The van der Waals surface area contributed by atoms with Crippen molar-refractivity contribution in [3.8, 4) is 0 Å². The van der Waals surface area contributed by atoms with Gasteiger partial charge in [0, 0.05) is 35.0 Å². The summed E-state index contributed by atoms with van der Waals surface area (Å²) in [6.45, 7) is 1.62. The zero-order chi connectivity index (χ0) is 21.8. The molecule has 0 fully saturated rings. The number of hydrogen-bond acceptors (Lipinski definition) is 2. The highest BCUT2D eigenvalue weighted by Crippen LogP contribution is 2.31. The average Bonchev–Trinajstić information content (AvgIpc) is 3.04. The normalized spacial score (nSPS) is 11.5. The minimum atomic E-state index is -0.377. The first-order valence-corrected chi connectivity index (χ1v) is 10.4. The Labute approximate surface area is 191 Å². The number of carbonyl (C=O) groups is 2. The lowest BCUT2D eigenvalue weighted by atomic mass is 10.1. The lowest BCUT2D eigenvalue weighted by Gasteiger charge is -2.11. The van der Waals surface area contributed by atoms with Crippen LogP contribution in [-0.4, -0.2) is 22.8 Å². The first-order chi connectivity index (χ1) is 14.2. The largest absolute Gasteiger partial charge is 0.370 e. The van der Waals surface area contributed by atoms with Gasteiger partial charge in [-0.2, -0.15) is 4.99 Å². The summed E-state index contributed by atoms with van der Waals surface area (Å²) in [7, 11) is 0. The topological polar surface area (TPSA) is 112 Å². The predicted molar refractivity (Wildman–Crippen MR) is 124 cm³/mol. The number of rotatable bonds is 5. The van der Waals surface area contributed by atoms with Crippen molar-refractivity contribution in [2.75, 3.05) is 5.32 Å². The number of aromatic nitrogens is 1. The summed E-state index contributed by atoms with van der Waals surface area (Å²) in [6, 6.07) is 9.08. The molecule has 7 nitrogen and oxygen atoms in total. The van der Waals surface area contributed by atoms with Gasteiger partial charge < -0.3 is 21.4 Å². The third-order valence-electron chi connectivity index (χ3n) is 4.19. The number of fused-ring (bicyclic) bond motifs is 1. The Bertz CT molecular complexity index is 1140. The Balaban J connectivity index is 1.64. The second kappa shape index (κ2) is 9.51. The van der Waals surface area contributed by atoms with Crippen molar-refractivity contribution in [2.24, 2.45) is 10.7 Å². The van der Waals surface area contributed by atoms with Crippen molar-refractivity contribution in [3.05, 3.63) is 62.2 Å².